The van der Waals surface area contributed by atoms with Gasteiger partial charge in [-0.05, 0) is 20.3 Å². The molecule has 48 valence electrons. The lowest BCUT2D eigenvalue weighted by atomic mass is 10.4. The molecule has 0 aromatic heterocycles. The van der Waals surface area contributed by atoms with Crippen molar-refractivity contribution < 1.29 is 4.74 Å². The highest BCUT2D eigenvalue weighted by Gasteiger charge is 2.48. The minimum absolute atomic E-state index is 0.0365. The predicted molar refractivity (Wildman–Crippen MR) is 32.6 cm³/mol. The van der Waals surface area contributed by atoms with Gasteiger partial charge in [0.1, 0.15) is 0 Å². The van der Waals surface area contributed by atoms with Crippen LogP contribution < -0.4 is 5.73 Å². The standard InChI is InChI=1S/C6H13NO/c1-3-8-6(2)4-5(6)7/h5H,3-4,7H2,1-2H3/t5-,6+/m1/s1. The molecular weight excluding hydrogens is 102 g/mol. The van der Waals surface area contributed by atoms with Crippen LogP contribution in [0.1, 0.15) is 20.3 Å². The van der Waals surface area contributed by atoms with Crippen LogP contribution in [0.5, 0.6) is 0 Å². The van der Waals surface area contributed by atoms with Gasteiger partial charge in [0, 0.05) is 12.6 Å². The highest BCUT2D eigenvalue weighted by atomic mass is 16.5. The van der Waals surface area contributed by atoms with Crippen molar-refractivity contribution in [1.29, 1.82) is 0 Å². The summed E-state index contributed by atoms with van der Waals surface area (Å²) in [7, 11) is 0. The van der Waals surface area contributed by atoms with E-state index in [0.717, 1.165) is 13.0 Å². The lowest BCUT2D eigenvalue weighted by Gasteiger charge is -2.07. The Balaban J connectivity index is 2.25. The molecule has 0 heterocycles. The summed E-state index contributed by atoms with van der Waals surface area (Å²) in [6.07, 6.45) is 1.03. The van der Waals surface area contributed by atoms with Crippen LogP contribution in [-0.2, 0) is 4.74 Å². The van der Waals surface area contributed by atoms with Crippen LogP contribution in [-0.4, -0.2) is 18.2 Å². The average molecular weight is 115 g/mol. The van der Waals surface area contributed by atoms with Crippen LogP contribution in [0, 0.1) is 0 Å². The number of hydrogen-bond acceptors (Lipinski definition) is 2. The molecule has 2 N–H and O–H groups in total. The zero-order valence-corrected chi connectivity index (χ0v) is 5.48. The molecule has 0 unspecified atom stereocenters. The first-order valence-corrected chi connectivity index (χ1v) is 3.08. The van der Waals surface area contributed by atoms with Crippen LogP contribution in [0.25, 0.3) is 0 Å². The fourth-order valence-electron chi connectivity index (χ4n) is 0.873. The minimum Gasteiger partial charge on any atom is -0.374 e. The van der Waals surface area contributed by atoms with Gasteiger partial charge in [-0.3, -0.25) is 0 Å². The fraction of sp³-hybridized carbons (Fsp3) is 1.00. The monoisotopic (exact) mass is 115 g/mol. The number of nitrogens with two attached hydrogens (primary N) is 1. The van der Waals surface area contributed by atoms with Crippen molar-refractivity contribution in [3.63, 3.8) is 0 Å². The van der Waals surface area contributed by atoms with Crippen molar-refractivity contribution in [2.24, 2.45) is 5.73 Å². The topological polar surface area (TPSA) is 35.2 Å². The van der Waals surface area contributed by atoms with Crippen LogP contribution >= 0.6 is 0 Å². The molecule has 0 saturated heterocycles. The summed E-state index contributed by atoms with van der Waals surface area (Å²) in [6.45, 7) is 4.83. The van der Waals surface area contributed by atoms with Gasteiger partial charge >= 0.3 is 0 Å². The van der Waals surface area contributed by atoms with E-state index in [9.17, 15) is 0 Å². The molecule has 2 nitrogen and oxygen atoms in total. The Morgan fingerprint density at radius 1 is 1.88 bits per heavy atom. The SMILES string of the molecule is CCO[C@@]1(C)C[C@H]1N. The average Bonchev–Trinajstić information content (AvgIpc) is 2.16. The van der Waals surface area contributed by atoms with E-state index >= 15 is 0 Å². The molecule has 0 aromatic rings. The van der Waals surface area contributed by atoms with Gasteiger partial charge in [0.2, 0.25) is 0 Å². The summed E-state index contributed by atoms with van der Waals surface area (Å²) < 4.78 is 5.33. The summed E-state index contributed by atoms with van der Waals surface area (Å²) in [5, 5.41) is 0. The van der Waals surface area contributed by atoms with Crippen molar-refractivity contribution >= 4 is 0 Å². The Hall–Kier alpha value is -0.0800. The maximum absolute atomic E-state index is 5.56. The lowest BCUT2D eigenvalue weighted by Crippen LogP contribution is -2.19. The molecule has 1 aliphatic carbocycles. The number of rotatable bonds is 2. The van der Waals surface area contributed by atoms with E-state index in [4.69, 9.17) is 10.5 Å². The lowest BCUT2D eigenvalue weighted by molar-refractivity contribution is 0.0519. The Morgan fingerprint density at radius 2 is 2.38 bits per heavy atom. The molecule has 0 radical (unpaired) electrons. The molecular formula is C6H13NO. The van der Waals surface area contributed by atoms with E-state index in [-0.39, 0.29) is 5.60 Å². The normalized spacial score (nSPS) is 44.6. The molecule has 0 bridgehead atoms. The Bertz CT molecular complexity index is 94.5. The van der Waals surface area contributed by atoms with Gasteiger partial charge in [0.05, 0.1) is 5.60 Å². The van der Waals surface area contributed by atoms with Crippen LogP contribution in [0.15, 0.2) is 0 Å². The van der Waals surface area contributed by atoms with Gasteiger partial charge < -0.3 is 10.5 Å². The predicted octanol–water partition coefficient (Wildman–Crippen LogP) is 0.513. The van der Waals surface area contributed by atoms with E-state index in [0.29, 0.717) is 6.04 Å². The molecule has 1 saturated carbocycles. The highest BCUT2D eigenvalue weighted by Crippen LogP contribution is 2.37. The van der Waals surface area contributed by atoms with Gasteiger partial charge in [0.25, 0.3) is 0 Å². The van der Waals surface area contributed by atoms with Gasteiger partial charge in [-0.1, -0.05) is 0 Å². The summed E-state index contributed by atoms with van der Waals surface area (Å²) in [6, 6.07) is 0.294. The molecule has 2 heteroatoms. The maximum Gasteiger partial charge on any atom is 0.0821 e. The molecule has 8 heavy (non-hydrogen) atoms. The second-order valence-electron chi connectivity index (χ2n) is 2.56. The largest absolute Gasteiger partial charge is 0.374 e. The van der Waals surface area contributed by atoms with Crippen molar-refractivity contribution in [3.8, 4) is 0 Å². The summed E-state index contributed by atoms with van der Waals surface area (Å²) in [5.41, 5.74) is 5.60. The molecule has 1 aliphatic rings. The van der Waals surface area contributed by atoms with Crippen LogP contribution in [0.3, 0.4) is 0 Å². The second-order valence-corrected chi connectivity index (χ2v) is 2.56. The van der Waals surface area contributed by atoms with Crippen molar-refractivity contribution in [3.05, 3.63) is 0 Å². The molecule has 1 fully saturated rings. The van der Waals surface area contributed by atoms with Gasteiger partial charge in [-0.2, -0.15) is 0 Å². The van der Waals surface area contributed by atoms with E-state index in [1.807, 2.05) is 6.92 Å². The van der Waals surface area contributed by atoms with E-state index < -0.39 is 0 Å². The van der Waals surface area contributed by atoms with Gasteiger partial charge in [0.15, 0.2) is 0 Å². The molecule has 0 aliphatic heterocycles. The molecule has 0 aromatic carbocycles. The summed E-state index contributed by atoms with van der Waals surface area (Å²) in [5.74, 6) is 0. The quantitative estimate of drug-likeness (QED) is 0.569. The third-order valence-corrected chi connectivity index (χ3v) is 1.72. The maximum atomic E-state index is 5.56. The van der Waals surface area contributed by atoms with Gasteiger partial charge in [-0.25, -0.2) is 0 Å². The zero-order valence-electron chi connectivity index (χ0n) is 5.48. The Kier molecular flexibility index (Phi) is 1.29. The van der Waals surface area contributed by atoms with E-state index in [2.05, 4.69) is 6.92 Å². The van der Waals surface area contributed by atoms with Crippen molar-refractivity contribution in [2.45, 2.75) is 31.9 Å². The first kappa shape index (κ1) is 6.05. The zero-order chi connectivity index (χ0) is 6.20. The molecule has 0 amide bonds. The fourth-order valence-corrected chi connectivity index (χ4v) is 0.873. The summed E-state index contributed by atoms with van der Waals surface area (Å²) in [4.78, 5) is 0. The van der Waals surface area contributed by atoms with E-state index in [1.165, 1.54) is 0 Å². The third kappa shape index (κ3) is 0.858. The van der Waals surface area contributed by atoms with Gasteiger partial charge in [-0.15, -0.1) is 0 Å². The Labute approximate surface area is 50.0 Å². The first-order chi connectivity index (χ1) is 3.69. The second kappa shape index (κ2) is 1.71. The molecule has 0 spiro atoms. The smallest absolute Gasteiger partial charge is 0.0821 e. The van der Waals surface area contributed by atoms with E-state index in [1.54, 1.807) is 0 Å². The third-order valence-electron chi connectivity index (χ3n) is 1.72. The van der Waals surface area contributed by atoms with Crippen molar-refractivity contribution in [2.75, 3.05) is 6.61 Å². The Morgan fingerprint density at radius 3 is 2.50 bits per heavy atom. The van der Waals surface area contributed by atoms with Crippen LogP contribution in [0.4, 0.5) is 0 Å². The number of ether oxygens (including phenoxy) is 1. The number of hydrogen-bond donors (Lipinski definition) is 1. The van der Waals surface area contributed by atoms with Crippen molar-refractivity contribution in [1.82, 2.24) is 0 Å². The first-order valence-electron chi connectivity index (χ1n) is 3.08. The summed E-state index contributed by atoms with van der Waals surface area (Å²) >= 11 is 0. The minimum atomic E-state index is 0.0365. The molecule has 1 rings (SSSR count). The van der Waals surface area contributed by atoms with Crippen LogP contribution in [0.2, 0.25) is 0 Å². The molecule has 2 atom stereocenters. The highest BCUT2D eigenvalue weighted by molar-refractivity contribution is 5.05.